The number of hydrogen-bond donors (Lipinski definition) is 1. The summed E-state index contributed by atoms with van der Waals surface area (Å²) in [7, 11) is 3.04. The van der Waals surface area contributed by atoms with Crippen LogP contribution in [0.3, 0.4) is 0 Å². The first-order valence-electron chi connectivity index (χ1n) is 3.63. The number of carbonyl (C=O) groups excluding carboxylic acids is 1. The number of carbonyl (C=O) groups is 1. The largest absolute Gasteiger partial charge is 0.453 e. The van der Waals surface area contributed by atoms with Crippen LogP contribution in [0.4, 0.5) is 4.79 Å². The van der Waals surface area contributed by atoms with Crippen LogP contribution in [0.15, 0.2) is 0 Å². The van der Waals surface area contributed by atoms with Crippen LogP contribution < -0.4 is 5.32 Å². The summed E-state index contributed by atoms with van der Waals surface area (Å²) in [6, 6.07) is 0.243. The Labute approximate surface area is 65.9 Å². The van der Waals surface area contributed by atoms with Crippen LogP contribution in [0.2, 0.25) is 0 Å². The third kappa shape index (κ3) is 2.08. The molecule has 4 nitrogen and oxygen atoms in total. The molecule has 0 spiro atoms. The first-order chi connectivity index (χ1) is 5.26. The second-order valence-electron chi connectivity index (χ2n) is 2.66. The van der Waals surface area contributed by atoms with E-state index in [0.717, 1.165) is 12.8 Å². The number of ether oxygens (including phenoxy) is 2. The van der Waals surface area contributed by atoms with Crippen molar-refractivity contribution in [3.8, 4) is 0 Å². The van der Waals surface area contributed by atoms with Gasteiger partial charge in [0, 0.05) is 13.2 Å². The molecule has 1 saturated carbocycles. The molecule has 0 aliphatic heterocycles. The number of methoxy groups -OCH3 is 2. The van der Waals surface area contributed by atoms with Gasteiger partial charge in [-0.05, 0) is 12.8 Å². The zero-order valence-electron chi connectivity index (χ0n) is 6.79. The molecule has 1 N–H and O–H groups in total. The number of rotatable bonds is 2. The van der Waals surface area contributed by atoms with Crippen molar-refractivity contribution in [2.45, 2.75) is 25.0 Å². The Hall–Kier alpha value is -0.770. The fourth-order valence-corrected chi connectivity index (χ4v) is 1.10. The fraction of sp³-hybridized carbons (Fsp3) is 0.857. The topological polar surface area (TPSA) is 47.6 Å². The average Bonchev–Trinajstić information content (AvgIpc) is 1.95. The summed E-state index contributed by atoms with van der Waals surface area (Å²) in [4.78, 5) is 10.6. The van der Waals surface area contributed by atoms with Gasteiger partial charge in [-0.15, -0.1) is 0 Å². The Morgan fingerprint density at radius 2 is 2.09 bits per heavy atom. The molecule has 64 valence electrons. The smallest absolute Gasteiger partial charge is 0.407 e. The van der Waals surface area contributed by atoms with Crippen LogP contribution in [0, 0.1) is 0 Å². The van der Waals surface area contributed by atoms with Gasteiger partial charge in [-0.1, -0.05) is 0 Å². The maximum Gasteiger partial charge on any atom is 0.407 e. The molecule has 0 unspecified atom stereocenters. The zero-order chi connectivity index (χ0) is 8.27. The quantitative estimate of drug-likeness (QED) is 0.639. The predicted molar refractivity (Wildman–Crippen MR) is 39.4 cm³/mol. The number of nitrogens with one attached hydrogen (secondary N) is 1. The van der Waals surface area contributed by atoms with Crippen LogP contribution >= 0.6 is 0 Å². The van der Waals surface area contributed by atoms with E-state index in [-0.39, 0.29) is 12.1 Å². The van der Waals surface area contributed by atoms with Gasteiger partial charge in [0.25, 0.3) is 0 Å². The van der Waals surface area contributed by atoms with Crippen LogP contribution in [0.25, 0.3) is 0 Å². The van der Waals surface area contributed by atoms with Gasteiger partial charge in [0.2, 0.25) is 0 Å². The van der Waals surface area contributed by atoms with Crippen molar-refractivity contribution in [2.24, 2.45) is 0 Å². The summed E-state index contributed by atoms with van der Waals surface area (Å²) in [6.45, 7) is 0. The molecule has 0 radical (unpaired) electrons. The minimum atomic E-state index is -0.357. The van der Waals surface area contributed by atoms with Crippen LogP contribution in [-0.4, -0.2) is 32.5 Å². The minimum Gasteiger partial charge on any atom is -0.453 e. The van der Waals surface area contributed by atoms with E-state index in [2.05, 4.69) is 10.1 Å². The Kier molecular flexibility index (Phi) is 2.70. The highest BCUT2D eigenvalue weighted by Crippen LogP contribution is 2.22. The second-order valence-corrected chi connectivity index (χ2v) is 2.66. The van der Waals surface area contributed by atoms with E-state index in [1.165, 1.54) is 7.11 Å². The lowest BCUT2D eigenvalue weighted by Gasteiger charge is -2.33. The molecule has 4 heteroatoms. The highest BCUT2D eigenvalue weighted by Gasteiger charge is 2.30. The van der Waals surface area contributed by atoms with Crippen molar-refractivity contribution >= 4 is 6.09 Å². The van der Waals surface area contributed by atoms with E-state index in [0.29, 0.717) is 6.10 Å². The lowest BCUT2D eigenvalue weighted by atomic mass is 9.89. The predicted octanol–water partition coefficient (Wildman–Crippen LogP) is 0.520. The Bertz CT molecular complexity index is 143. The standard InChI is InChI=1S/C7H13NO3/c1-10-6-3-5(4-6)8-7(9)11-2/h5-6H,3-4H2,1-2H3,(H,8,9). The van der Waals surface area contributed by atoms with E-state index in [4.69, 9.17) is 4.74 Å². The summed E-state index contributed by atoms with van der Waals surface area (Å²) in [6.07, 6.45) is 1.75. The maximum absolute atomic E-state index is 10.6. The number of hydrogen-bond acceptors (Lipinski definition) is 3. The van der Waals surface area contributed by atoms with Gasteiger partial charge in [-0.3, -0.25) is 0 Å². The number of alkyl carbamates (subject to hydrolysis) is 1. The summed E-state index contributed by atoms with van der Waals surface area (Å²) in [5.74, 6) is 0. The van der Waals surface area contributed by atoms with Crippen molar-refractivity contribution in [1.29, 1.82) is 0 Å². The van der Waals surface area contributed by atoms with Crippen molar-refractivity contribution in [1.82, 2.24) is 5.32 Å². The first-order valence-corrected chi connectivity index (χ1v) is 3.63. The molecule has 0 aromatic rings. The summed E-state index contributed by atoms with van der Waals surface area (Å²) in [5, 5.41) is 2.69. The summed E-state index contributed by atoms with van der Waals surface area (Å²) < 4.78 is 9.47. The van der Waals surface area contributed by atoms with Gasteiger partial charge in [-0.2, -0.15) is 0 Å². The van der Waals surface area contributed by atoms with Crippen molar-refractivity contribution < 1.29 is 14.3 Å². The fourth-order valence-electron chi connectivity index (χ4n) is 1.10. The molecule has 11 heavy (non-hydrogen) atoms. The SMILES string of the molecule is COC(=O)NC1CC(OC)C1. The summed E-state index contributed by atoms with van der Waals surface area (Å²) in [5.41, 5.74) is 0. The highest BCUT2D eigenvalue weighted by atomic mass is 16.5. The molecule has 0 atom stereocenters. The van der Waals surface area contributed by atoms with Gasteiger partial charge in [0.15, 0.2) is 0 Å². The first kappa shape index (κ1) is 8.33. The maximum atomic E-state index is 10.6. The molecule has 1 aliphatic rings. The zero-order valence-corrected chi connectivity index (χ0v) is 6.79. The molecule has 0 heterocycles. The van der Waals surface area contributed by atoms with E-state index >= 15 is 0 Å². The lowest BCUT2D eigenvalue weighted by molar-refractivity contribution is 0.0176. The Morgan fingerprint density at radius 3 is 2.55 bits per heavy atom. The average molecular weight is 159 g/mol. The summed E-state index contributed by atoms with van der Waals surface area (Å²) >= 11 is 0. The third-order valence-electron chi connectivity index (χ3n) is 1.94. The van der Waals surface area contributed by atoms with Crippen molar-refractivity contribution in [3.63, 3.8) is 0 Å². The molecule has 0 saturated heterocycles. The van der Waals surface area contributed by atoms with Crippen molar-refractivity contribution in [3.05, 3.63) is 0 Å². The highest BCUT2D eigenvalue weighted by molar-refractivity contribution is 5.67. The van der Waals surface area contributed by atoms with Crippen LogP contribution in [0.5, 0.6) is 0 Å². The Balaban J connectivity index is 2.08. The van der Waals surface area contributed by atoms with E-state index in [1.54, 1.807) is 7.11 Å². The van der Waals surface area contributed by atoms with Crippen LogP contribution in [0.1, 0.15) is 12.8 Å². The molecule has 1 amide bonds. The number of amides is 1. The molecule has 0 bridgehead atoms. The molecule has 1 rings (SSSR count). The third-order valence-corrected chi connectivity index (χ3v) is 1.94. The molecular weight excluding hydrogens is 146 g/mol. The van der Waals surface area contributed by atoms with Crippen LogP contribution in [-0.2, 0) is 9.47 Å². The van der Waals surface area contributed by atoms with Gasteiger partial charge >= 0.3 is 6.09 Å². The van der Waals surface area contributed by atoms with Gasteiger partial charge in [-0.25, -0.2) is 4.79 Å². The second kappa shape index (κ2) is 3.57. The van der Waals surface area contributed by atoms with Gasteiger partial charge in [0.1, 0.15) is 0 Å². The lowest BCUT2D eigenvalue weighted by Crippen LogP contribution is -2.47. The van der Waals surface area contributed by atoms with Gasteiger partial charge < -0.3 is 14.8 Å². The van der Waals surface area contributed by atoms with E-state index < -0.39 is 0 Å². The normalized spacial score (nSPS) is 28.9. The molecule has 0 aromatic heterocycles. The van der Waals surface area contributed by atoms with E-state index in [1.807, 2.05) is 0 Å². The Morgan fingerprint density at radius 1 is 1.45 bits per heavy atom. The molecule has 0 aromatic carbocycles. The monoisotopic (exact) mass is 159 g/mol. The molecule has 1 fully saturated rings. The van der Waals surface area contributed by atoms with Crippen molar-refractivity contribution in [2.75, 3.05) is 14.2 Å². The van der Waals surface area contributed by atoms with E-state index in [9.17, 15) is 4.79 Å². The minimum absolute atomic E-state index is 0.243. The molecular formula is C7H13NO3. The van der Waals surface area contributed by atoms with Gasteiger partial charge in [0.05, 0.1) is 13.2 Å². The molecule has 1 aliphatic carbocycles.